The lowest BCUT2D eigenvalue weighted by Crippen LogP contribution is -2.43. The van der Waals surface area contributed by atoms with Crippen molar-refractivity contribution in [3.05, 3.63) is 59.7 Å². The zero-order chi connectivity index (χ0) is 23.5. The monoisotopic (exact) mass is 449 g/mol. The van der Waals surface area contributed by atoms with Gasteiger partial charge in [0.15, 0.2) is 11.6 Å². The highest BCUT2D eigenvalue weighted by atomic mass is 19.3. The van der Waals surface area contributed by atoms with Gasteiger partial charge in [-0.15, -0.1) is 0 Å². The number of pyridine rings is 1. The zero-order valence-corrected chi connectivity index (χ0v) is 18.6. The lowest BCUT2D eigenvalue weighted by Gasteiger charge is -2.32. The van der Waals surface area contributed by atoms with E-state index in [9.17, 15) is 23.1 Å². The third-order valence-corrected chi connectivity index (χ3v) is 6.55. The molecule has 5 nitrogen and oxygen atoms in total. The van der Waals surface area contributed by atoms with E-state index in [4.69, 9.17) is 0 Å². The Morgan fingerprint density at radius 2 is 2.03 bits per heavy atom. The summed E-state index contributed by atoms with van der Waals surface area (Å²) in [4.78, 5) is 18.8. The van der Waals surface area contributed by atoms with Gasteiger partial charge >= 0.3 is 0 Å². The summed E-state index contributed by atoms with van der Waals surface area (Å²) in [5.74, 6) is -4.94. The van der Waals surface area contributed by atoms with E-state index in [1.54, 1.807) is 30.6 Å². The Labute approximate surface area is 186 Å². The number of aromatic hydroxyl groups is 1. The molecule has 1 aromatic carbocycles. The van der Waals surface area contributed by atoms with Crippen LogP contribution in [0.5, 0.6) is 5.75 Å². The predicted molar refractivity (Wildman–Crippen MR) is 116 cm³/mol. The van der Waals surface area contributed by atoms with Gasteiger partial charge in [0.05, 0.1) is 0 Å². The maximum Gasteiger partial charge on any atom is 0.251 e. The fraction of sp³-hybridized carbons (Fsp3) is 0.500. The van der Waals surface area contributed by atoms with Crippen LogP contribution < -0.4 is 5.32 Å². The Kier molecular flexibility index (Phi) is 7.12. The Bertz CT molecular complexity index is 928. The SMILES string of the molecule is CN(C)[C@H](CNC(=O)C[C@H](c1cccnc1)C1(C(C)(F)F)CC1)Cc1ccc(O)c(F)c1. The number of phenolic OH excluding ortho intramolecular Hbond substituents is 1. The Morgan fingerprint density at radius 1 is 1.31 bits per heavy atom. The van der Waals surface area contributed by atoms with Crippen molar-refractivity contribution >= 4 is 5.91 Å². The van der Waals surface area contributed by atoms with Crippen molar-refractivity contribution < 1.29 is 23.1 Å². The lowest BCUT2D eigenvalue weighted by molar-refractivity contribution is -0.123. The van der Waals surface area contributed by atoms with Crippen molar-refractivity contribution in [2.45, 2.75) is 50.5 Å². The summed E-state index contributed by atoms with van der Waals surface area (Å²) >= 11 is 0. The summed E-state index contributed by atoms with van der Waals surface area (Å²) in [6, 6.07) is 7.51. The standard InChI is InChI=1S/C24H30F3N3O2/c1-23(26,27)24(8-9-24)19(17-5-4-10-28-14-17)13-22(32)29-15-18(30(2)3)11-16-6-7-21(31)20(25)12-16/h4-7,10,12,14,18-19,31H,8-9,11,13,15H2,1-3H3,(H,29,32)/t18-,19+/m0/s1. The van der Waals surface area contributed by atoms with E-state index in [0.717, 1.165) is 6.92 Å². The number of phenols is 1. The molecule has 1 aromatic heterocycles. The molecule has 1 saturated carbocycles. The second-order valence-corrected chi connectivity index (χ2v) is 9.00. The number of rotatable bonds is 10. The summed E-state index contributed by atoms with van der Waals surface area (Å²) in [6.45, 7) is 1.21. The van der Waals surface area contributed by atoms with Crippen molar-refractivity contribution in [1.29, 1.82) is 0 Å². The normalized spacial score (nSPS) is 17.1. The Hall–Kier alpha value is -2.61. The number of halogens is 3. The first kappa shape index (κ1) is 24.0. The fourth-order valence-electron chi connectivity index (χ4n) is 4.32. The molecule has 0 unspecified atom stereocenters. The van der Waals surface area contributed by atoms with Gasteiger partial charge in [-0.1, -0.05) is 12.1 Å². The van der Waals surface area contributed by atoms with E-state index in [1.807, 2.05) is 19.0 Å². The van der Waals surface area contributed by atoms with Crippen LogP contribution in [0.1, 0.15) is 43.2 Å². The molecule has 2 aromatic rings. The number of likely N-dealkylation sites (N-methyl/N-ethyl adjacent to an activating group) is 1. The van der Waals surface area contributed by atoms with Crippen molar-refractivity contribution in [2.24, 2.45) is 5.41 Å². The van der Waals surface area contributed by atoms with Gasteiger partial charge in [0.25, 0.3) is 5.92 Å². The van der Waals surface area contributed by atoms with Crippen LogP contribution in [-0.4, -0.2) is 53.5 Å². The third kappa shape index (κ3) is 5.41. The van der Waals surface area contributed by atoms with Gasteiger partial charge in [0.2, 0.25) is 5.91 Å². The molecule has 2 N–H and O–H groups in total. The van der Waals surface area contributed by atoms with Gasteiger partial charge in [-0.3, -0.25) is 9.78 Å². The molecule has 32 heavy (non-hydrogen) atoms. The number of amides is 1. The number of nitrogens with zero attached hydrogens (tertiary/aromatic N) is 2. The quantitative estimate of drug-likeness (QED) is 0.573. The number of carbonyl (C=O) groups is 1. The predicted octanol–water partition coefficient (Wildman–Crippen LogP) is 4.12. The first-order valence-corrected chi connectivity index (χ1v) is 10.7. The molecule has 174 valence electrons. The van der Waals surface area contributed by atoms with Crippen molar-refractivity contribution in [2.75, 3.05) is 20.6 Å². The second kappa shape index (κ2) is 9.48. The summed E-state index contributed by atoms with van der Waals surface area (Å²) in [7, 11) is 3.70. The molecule has 1 heterocycles. The molecule has 0 saturated heterocycles. The van der Waals surface area contributed by atoms with E-state index >= 15 is 0 Å². The molecule has 1 aliphatic carbocycles. The smallest absolute Gasteiger partial charge is 0.251 e. The van der Waals surface area contributed by atoms with Crippen LogP contribution in [0.3, 0.4) is 0 Å². The van der Waals surface area contributed by atoms with E-state index in [1.165, 1.54) is 12.1 Å². The van der Waals surface area contributed by atoms with E-state index in [0.29, 0.717) is 30.4 Å². The topological polar surface area (TPSA) is 65.5 Å². The van der Waals surface area contributed by atoms with E-state index in [-0.39, 0.29) is 24.9 Å². The molecular formula is C24H30F3N3O2. The van der Waals surface area contributed by atoms with Crippen LogP contribution >= 0.6 is 0 Å². The van der Waals surface area contributed by atoms with Crippen molar-refractivity contribution in [3.63, 3.8) is 0 Å². The van der Waals surface area contributed by atoms with Crippen LogP contribution in [0.2, 0.25) is 0 Å². The minimum atomic E-state index is -2.90. The highest BCUT2D eigenvalue weighted by Gasteiger charge is 2.63. The third-order valence-electron chi connectivity index (χ3n) is 6.55. The molecule has 0 radical (unpaired) electrons. The molecule has 0 aliphatic heterocycles. The maximum absolute atomic E-state index is 14.5. The number of hydrogen-bond donors (Lipinski definition) is 2. The number of nitrogens with one attached hydrogen (secondary N) is 1. The number of carbonyl (C=O) groups excluding carboxylic acids is 1. The molecule has 0 bridgehead atoms. The number of alkyl halides is 2. The molecule has 2 atom stereocenters. The summed E-state index contributed by atoms with van der Waals surface area (Å²) in [5, 5.41) is 12.2. The van der Waals surface area contributed by atoms with Gasteiger partial charge in [-0.25, -0.2) is 13.2 Å². The molecule has 1 aliphatic rings. The van der Waals surface area contributed by atoms with E-state index in [2.05, 4.69) is 10.3 Å². The van der Waals surface area contributed by atoms with Gasteiger partial charge in [0, 0.05) is 42.7 Å². The number of benzene rings is 1. The van der Waals surface area contributed by atoms with Crippen molar-refractivity contribution in [1.82, 2.24) is 15.2 Å². The second-order valence-electron chi connectivity index (χ2n) is 9.00. The van der Waals surface area contributed by atoms with Crippen LogP contribution in [0.25, 0.3) is 0 Å². The van der Waals surface area contributed by atoms with Gasteiger partial charge < -0.3 is 15.3 Å². The van der Waals surface area contributed by atoms with Crippen LogP contribution in [-0.2, 0) is 11.2 Å². The molecule has 3 rings (SSSR count). The summed E-state index contributed by atoms with van der Waals surface area (Å²) in [5.41, 5.74) is 0.104. The highest BCUT2D eigenvalue weighted by Crippen LogP contribution is 2.65. The first-order chi connectivity index (χ1) is 15.0. The molecular weight excluding hydrogens is 419 g/mol. The summed E-state index contributed by atoms with van der Waals surface area (Å²) < 4.78 is 42.6. The molecule has 1 fully saturated rings. The summed E-state index contributed by atoms with van der Waals surface area (Å²) in [6.07, 6.45) is 4.28. The van der Waals surface area contributed by atoms with Gasteiger partial charge in [-0.05, 0) is 69.6 Å². The molecule has 1 amide bonds. The minimum absolute atomic E-state index is 0.0525. The zero-order valence-electron chi connectivity index (χ0n) is 18.6. The fourth-order valence-corrected chi connectivity index (χ4v) is 4.32. The minimum Gasteiger partial charge on any atom is -0.505 e. The van der Waals surface area contributed by atoms with Crippen molar-refractivity contribution in [3.8, 4) is 5.75 Å². The average molecular weight is 450 g/mol. The number of aromatic nitrogens is 1. The van der Waals surface area contributed by atoms with Crippen LogP contribution in [0.4, 0.5) is 13.2 Å². The first-order valence-electron chi connectivity index (χ1n) is 10.7. The molecule has 8 heteroatoms. The lowest BCUT2D eigenvalue weighted by atomic mass is 9.77. The average Bonchev–Trinajstić information content (AvgIpc) is 3.54. The largest absolute Gasteiger partial charge is 0.505 e. The Balaban J connectivity index is 1.68. The van der Waals surface area contributed by atoms with Gasteiger partial charge in [0.1, 0.15) is 0 Å². The highest BCUT2D eigenvalue weighted by molar-refractivity contribution is 5.77. The Morgan fingerprint density at radius 3 is 2.56 bits per heavy atom. The van der Waals surface area contributed by atoms with Gasteiger partial charge in [-0.2, -0.15) is 0 Å². The molecule has 0 spiro atoms. The number of hydrogen-bond acceptors (Lipinski definition) is 4. The van der Waals surface area contributed by atoms with Crippen LogP contribution in [0.15, 0.2) is 42.7 Å². The van der Waals surface area contributed by atoms with Crippen LogP contribution in [0, 0.1) is 11.2 Å². The maximum atomic E-state index is 14.5. The van der Waals surface area contributed by atoms with E-state index < -0.39 is 28.8 Å².